The Kier molecular flexibility index (Phi) is 6.74. The number of anilines is 1. The summed E-state index contributed by atoms with van der Waals surface area (Å²) in [5.41, 5.74) is 0.783. The van der Waals surface area contributed by atoms with Crippen LogP contribution < -0.4 is 10.9 Å². The van der Waals surface area contributed by atoms with Crippen LogP contribution in [0.1, 0.15) is 58.9 Å². The zero-order valence-electron chi connectivity index (χ0n) is 18.8. The number of piperidine rings is 1. The Balaban J connectivity index is 1.49. The fourth-order valence-corrected chi connectivity index (χ4v) is 6.12. The highest BCUT2D eigenvalue weighted by Gasteiger charge is 2.33. The molecule has 0 spiro atoms. The van der Waals surface area contributed by atoms with E-state index in [0.717, 1.165) is 25.7 Å². The maximum Gasteiger partial charge on any atom is 0.295 e. The fourth-order valence-electron chi connectivity index (χ4n) is 4.34. The third-order valence-corrected chi connectivity index (χ3v) is 9.51. The lowest BCUT2D eigenvalue weighted by Crippen LogP contribution is -2.43. The molecule has 1 aliphatic carbocycles. The van der Waals surface area contributed by atoms with Crippen LogP contribution in [0.25, 0.3) is 11.2 Å². The summed E-state index contributed by atoms with van der Waals surface area (Å²) in [5.74, 6) is 1.01. The first-order valence-corrected chi connectivity index (χ1v) is 13.3. The SMILES string of the molecule is CCC(C)S(=O)(=O)N1CCC(CNc2nc3cnc(Cl)nc3n(C(C)C3CC3)c2=O)CC1. The third kappa shape index (κ3) is 4.63. The number of nitrogens with one attached hydrogen (secondary N) is 1. The zero-order chi connectivity index (χ0) is 23.0. The normalized spacial score (nSPS) is 20.4. The molecule has 2 atom stereocenters. The van der Waals surface area contributed by atoms with Gasteiger partial charge in [0, 0.05) is 25.7 Å². The van der Waals surface area contributed by atoms with Crippen LogP contribution in [0, 0.1) is 11.8 Å². The molecule has 1 saturated heterocycles. The Bertz CT molecular complexity index is 1140. The van der Waals surface area contributed by atoms with Crippen LogP contribution >= 0.6 is 11.6 Å². The number of sulfonamides is 1. The number of fused-ring (bicyclic) bond motifs is 1. The molecule has 3 heterocycles. The van der Waals surface area contributed by atoms with Crippen molar-refractivity contribution >= 4 is 38.6 Å². The van der Waals surface area contributed by atoms with E-state index < -0.39 is 10.0 Å². The van der Waals surface area contributed by atoms with Gasteiger partial charge in [-0.05, 0) is 69.4 Å². The van der Waals surface area contributed by atoms with E-state index >= 15 is 0 Å². The Morgan fingerprint density at radius 2 is 1.88 bits per heavy atom. The molecule has 2 aromatic heterocycles. The molecule has 11 heteroatoms. The quantitative estimate of drug-likeness (QED) is 0.575. The number of halogens is 1. The molecule has 0 aromatic carbocycles. The maximum atomic E-state index is 13.3. The summed E-state index contributed by atoms with van der Waals surface area (Å²) < 4.78 is 28.5. The van der Waals surface area contributed by atoms with Crippen LogP contribution in [-0.2, 0) is 10.0 Å². The summed E-state index contributed by atoms with van der Waals surface area (Å²) in [6.07, 6.45) is 5.85. The molecule has 1 aliphatic heterocycles. The zero-order valence-corrected chi connectivity index (χ0v) is 20.4. The topological polar surface area (TPSA) is 110 Å². The van der Waals surface area contributed by atoms with Crippen LogP contribution in [0.3, 0.4) is 0 Å². The monoisotopic (exact) mass is 482 g/mol. The summed E-state index contributed by atoms with van der Waals surface area (Å²) in [4.78, 5) is 26.1. The average molecular weight is 483 g/mol. The van der Waals surface area contributed by atoms with Crippen molar-refractivity contribution in [3.05, 3.63) is 21.8 Å². The van der Waals surface area contributed by atoms with Gasteiger partial charge in [0.25, 0.3) is 5.56 Å². The molecule has 176 valence electrons. The molecular formula is C21H31ClN6O3S. The molecule has 2 fully saturated rings. The van der Waals surface area contributed by atoms with Crippen LogP contribution in [-0.4, -0.2) is 57.1 Å². The van der Waals surface area contributed by atoms with Crippen LogP contribution in [0.4, 0.5) is 5.82 Å². The van der Waals surface area contributed by atoms with Gasteiger partial charge in [-0.1, -0.05) is 6.92 Å². The molecule has 0 amide bonds. The Morgan fingerprint density at radius 1 is 1.19 bits per heavy atom. The van der Waals surface area contributed by atoms with Gasteiger partial charge >= 0.3 is 0 Å². The van der Waals surface area contributed by atoms with Gasteiger partial charge in [-0.15, -0.1) is 0 Å². The molecule has 4 rings (SSSR count). The summed E-state index contributed by atoms with van der Waals surface area (Å²) in [5, 5.41) is 2.96. The van der Waals surface area contributed by atoms with E-state index in [1.165, 1.54) is 0 Å². The minimum absolute atomic E-state index is 0.00789. The van der Waals surface area contributed by atoms with Gasteiger partial charge in [-0.25, -0.2) is 22.7 Å². The van der Waals surface area contributed by atoms with Gasteiger partial charge in [-0.3, -0.25) is 9.36 Å². The van der Waals surface area contributed by atoms with E-state index in [1.54, 1.807) is 22.0 Å². The number of hydrogen-bond donors (Lipinski definition) is 1. The van der Waals surface area contributed by atoms with E-state index in [9.17, 15) is 13.2 Å². The Labute approximate surface area is 193 Å². The predicted molar refractivity (Wildman–Crippen MR) is 125 cm³/mol. The minimum Gasteiger partial charge on any atom is -0.365 e. The highest BCUT2D eigenvalue weighted by molar-refractivity contribution is 7.89. The van der Waals surface area contributed by atoms with Gasteiger partial charge in [0.05, 0.1) is 11.4 Å². The van der Waals surface area contributed by atoms with E-state index in [-0.39, 0.29) is 33.9 Å². The molecular weight excluding hydrogens is 452 g/mol. The second-order valence-electron chi connectivity index (χ2n) is 9.05. The maximum absolute atomic E-state index is 13.3. The van der Waals surface area contributed by atoms with E-state index in [4.69, 9.17) is 11.6 Å². The fraction of sp³-hybridized carbons (Fsp3) is 0.714. The van der Waals surface area contributed by atoms with Crippen molar-refractivity contribution in [1.29, 1.82) is 0 Å². The van der Waals surface area contributed by atoms with Crippen molar-refractivity contribution in [2.24, 2.45) is 11.8 Å². The largest absolute Gasteiger partial charge is 0.365 e. The van der Waals surface area contributed by atoms with Crippen molar-refractivity contribution in [1.82, 2.24) is 23.8 Å². The van der Waals surface area contributed by atoms with E-state index in [2.05, 4.69) is 20.3 Å². The first-order chi connectivity index (χ1) is 15.2. The Hall–Kier alpha value is -1.78. The minimum atomic E-state index is -3.23. The second-order valence-corrected chi connectivity index (χ2v) is 11.7. The highest BCUT2D eigenvalue weighted by atomic mass is 35.5. The van der Waals surface area contributed by atoms with Crippen LogP contribution in [0.5, 0.6) is 0 Å². The molecule has 0 radical (unpaired) electrons. The number of nitrogens with zero attached hydrogens (tertiary/aromatic N) is 5. The van der Waals surface area contributed by atoms with Gasteiger partial charge < -0.3 is 5.32 Å². The van der Waals surface area contributed by atoms with Gasteiger partial charge in [0.1, 0.15) is 5.52 Å². The Morgan fingerprint density at radius 3 is 2.50 bits per heavy atom. The van der Waals surface area contributed by atoms with Crippen molar-refractivity contribution in [3.63, 3.8) is 0 Å². The molecule has 9 nitrogen and oxygen atoms in total. The molecule has 2 unspecified atom stereocenters. The summed E-state index contributed by atoms with van der Waals surface area (Å²) in [6.45, 7) is 7.28. The van der Waals surface area contributed by atoms with Gasteiger partial charge in [0.2, 0.25) is 15.3 Å². The number of aromatic nitrogens is 4. The standard InChI is InChI=1S/C21H31ClN6O3S/c1-4-13(2)32(30,31)27-9-7-15(8-10-27)11-23-18-20(29)28(14(3)16-5-6-16)19-17(25-18)12-24-21(22)26-19/h12-16H,4-11H2,1-3H3,(H,23,25). The van der Waals surface area contributed by atoms with E-state index in [0.29, 0.717) is 43.1 Å². The third-order valence-electron chi connectivity index (χ3n) is 6.89. The number of hydrogen-bond acceptors (Lipinski definition) is 7. The van der Waals surface area contributed by atoms with Crippen molar-refractivity contribution in [3.8, 4) is 0 Å². The molecule has 2 aliphatic rings. The van der Waals surface area contributed by atoms with Crippen LogP contribution in [0.15, 0.2) is 11.0 Å². The van der Waals surface area contributed by atoms with E-state index in [1.807, 2.05) is 13.8 Å². The summed E-state index contributed by atoms with van der Waals surface area (Å²) >= 11 is 5.99. The summed E-state index contributed by atoms with van der Waals surface area (Å²) in [7, 11) is -3.23. The average Bonchev–Trinajstić information content (AvgIpc) is 3.62. The first-order valence-electron chi connectivity index (χ1n) is 11.4. The molecule has 1 N–H and O–H groups in total. The molecule has 32 heavy (non-hydrogen) atoms. The summed E-state index contributed by atoms with van der Waals surface area (Å²) in [6, 6.07) is 0.00789. The highest BCUT2D eigenvalue weighted by Crippen LogP contribution is 2.39. The molecule has 1 saturated carbocycles. The van der Waals surface area contributed by atoms with Gasteiger partial charge in [-0.2, -0.15) is 4.98 Å². The first kappa shape index (κ1) is 23.4. The van der Waals surface area contributed by atoms with Gasteiger partial charge in [0.15, 0.2) is 11.5 Å². The lowest BCUT2D eigenvalue weighted by molar-refractivity contribution is 0.280. The van der Waals surface area contributed by atoms with Crippen molar-refractivity contribution < 1.29 is 8.42 Å². The van der Waals surface area contributed by atoms with Crippen LogP contribution in [0.2, 0.25) is 5.28 Å². The van der Waals surface area contributed by atoms with Crippen molar-refractivity contribution in [2.75, 3.05) is 25.0 Å². The lowest BCUT2D eigenvalue weighted by Gasteiger charge is -2.33. The smallest absolute Gasteiger partial charge is 0.295 e. The molecule has 0 bridgehead atoms. The van der Waals surface area contributed by atoms with Crippen molar-refractivity contribution in [2.45, 2.75) is 64.2 Å². The second kappa shape index (κ2) is 9.23. The molecule has 2 aromatic rings. The number of rotatable bonds is 8. The predicted octanol–water partition coefficient (Wildman–Crippen LogP) is 3.06. The lowest BCUT2D eigenvalue weighted by atomic mass is 9.98.